The number of ketones is 1. The average Bonchev–Trinajstić information content (AvgIpc) is 3.59. The number of nitrogen functional groups attached to an aromatic ring is 1. The maximum Gasteiger partial charge on any atom is 0.248 e. The lowest BCUT2D eigenvalue weighted by Crippen LogP contribution is -2.47. The number of carbonyl (C=O) groups excluding carboxylic acids is 2. The monoisotopic (exact) mass is 500 g/mol. The van der Waals surface area contributed by atoms with Crippen LogP contribution >= 0.6 is 0 Å². The molecule has 190 valence electrons. The third-order valence-electron chi connectivity index (χ3n) is 7.61. The molecule has 0 saturated carbocycles. The lowest BCUT2D eigenvalue weighted by Gasteiger charge is -2.39. The smallest absolute Gasteiger partial charge is 0.248 e. The molecule has 0 aromatic carbocycles. The van der Waals surface area contributed by atoms with Crippen LogP contribution in [0.1, 0.15) is 60.1 Å². The molecule has 0 unspecified atom stereocenters. The van der Waals surface area contributed by atoms with Crippen molar-refractivity contribution in [3.8, 4) is 16.9 Å². The summed E-state index contributed by atoms with van der Waals surface area (Å²) >= 11 is 0. The Morgan fingerprint density at radius 1 is 1.11 bits per heavy atom. The van der Waals surface area contributed by atoms with Gasteiger partial charge in [-0.3, -0.25) is 9.59 Å². The third-order valence-corrected chi connectivity index (χ3v) is 7.61. The Hall–Kier alpha value is -4.12. The number of aryl methyl sites for hydroxylation is 1. The number of fused-ring (bicyclic) bond motifs is 3. The maximum absolute atomic E-state index is 12.7. The Bertz CT molecular complexity index is 1510. The van der Waals surface area contributed by atoms with Gasteiger partial charge in [0.1, 0.15) is 12.4 Å². The molecule has 0 spiro atoms. The second-order valence-electron chi connectivity index (χ2n) is 9.99. The molecule has 6 rings (SSSR count). The second kappa shape index (κ2) is 8.77. The number of aromatic nitrogens is 6. The van der Waals surface area contributed by atoms with E-state index >= 15 is 0 Å². The van der Waals surface area contributed by atoms with Gasteiger partial charge in [-0.15, -0.1) is 0 Å². The van der Waals surface area contributed by atoms with Crippen LogP contribution in [0, 0.1) is 6.92 Å². The number of hydrogen-bond acceptors (Lipinski definition) is 8. The summed E-state index contributed by atoms with van der Waals surface area (Å²) < 4.78 is 3.23. The van der Waals surface area contributed by atoms with Gasteiger partial charge in [0, 0.05) is 41.5 Å². The van der Waals surface area contributed by atoms with Crippen molar-refractivity contribution in [2.24, 2.45) is 0 Å². The van der Waals surface area contributed by atoms with Crippen molar-refractivity contribution < 1.29 is 14.7 Å². The molecule has 2 bridgehead atoms. The summed E-state index contributed by atoms with van der Waals surface area (Å²) in [5.41, 5.74) is 10.7. The van der Waals surface area contributed by atoms with Crippen LogP contribution in [0.4, 0.5) is 5.82 Å². The predicted octanol–water partition coefficient (Wildman–Crippen LogP) is 2.30. The molecular weight excluding hydrogens is 472 g/mol. The van der Waals surface area contributed by atoms with Crippen molar-refractivity contribution in [3.63, 3.8) is 0 Å². The second-order valence-corrected chi connectivity index (χ2v) is 9.99. The number of anilines is 1. The van der Waals surface area contributed by atoms with E-state index in [-0.39, 0.29) is 35.5 Å². The van der Waals surface area contributed by atoms with Crippen molar-refractivity contribution in [3.05, 3.63) is 53.7 Å². The Morgan fingerprint density at radius 2 is 1.86 bits per heavy atom. The topological polar surface area (TPSA) is 145 Å². The number of amides is 1. The normalized spacial score (nSPS) is 21.1. The lowest BCUT2D eigenvalue weighted by molar-refractivity contribution is -0.138. The van der Waals surface area contributed by atoms with E-state index in [1.54, 1.807) is 23.3 Å². The Kier molecular flexibility index (Phi) is 5.52. The van der Waals surface area contributed by atoms with Gasteiger partial charge in [-0.1, -0.05) is 0 Å². The van der Waals surface area contributed by atoms with Crippen molar-refractivity contribution >= 4 is 23.2 Å². The maximum atomic E-state index is 12.7. The quantitative estimate of drug-likeness (QED) is 0.397. The number of hydrogen-bond donors (Lipinski definition) is 2. The minimum atomic E-state index is -0.487. The zero-order valence-electron chi connectivity index (χ0n) is 20.7. The first-order valence-corrected chi connectivity index (χ1v) is 12.4. The molecule has 2 fully saturated rings. The van der Waals surface area contributed by atoms with E-state index in [4.69, 9.17) is 10.7 Å². The van der Waals surface area contributed by atoms with E-state index in [0.717, 1.165) is 29.5 Å². The molecule has 2 aliphatic rings. The summed E-state index contributed by atoms with van der Waals surface area (Å²) in [6, 6.07) is 3.86. The van der Waals surface area contributed by atoms with Gasteiger partial charge in [0.05, 0.1) is 23.7 Å². The first-order chi connectivity index (χ1) is 17.9. The summed E-state index contributed by atoms with van der Waals surface area (Å²) in [7, 11) is 0. The van der Waals surface area contributed by atoms with Gasteiger partial charge in [0.2, 0.25) is 5.91 Å². The van der Waals surface area contributed by atoms with E-state index in [1.807, 2.05) is 30.2 Å². The molecule has 4 aromatic rings. The van der Waals surface area contributed by atoms with Crippen LogP contribution in [0.2, 0.25) is 0 Å². The number of pyridine rings is 1. The average molecular weight is 501 g/mol. The summed E-state index contributed by atoms with van der Waals surface area (Å²) in [5, 5.41) is 18.2. The van der Waals surface area contributed by atoms with Crippen LogP contribution in [0.5, 0.6) is 0 Å². The highest BCUT2D eigenvalue weighted by molar-refractivity contribution is 6.00. The molecule has 1 amide bonds. The van der Waals surface area contributed by atoms with Crippen molar-refractivity contribution in [1.82, 2.24) is 34.3 Å². The highest BCUT2D eigenvalue weighted by Gasteiger charge is 2.44. The van der Waals surface area contributed by atoms with Crippen LogP contribution in [0.25, 0.3) is 22.6 Å². The van der Waals surface area contributed by atoms with Gasteiger partial charge in [-0.05, 0) is 57.2 Å². The first-order valence-electron chi connectivity index (χ1n) is 12.4. The summed E-state index contributed by atoms with van der Waals surface area (Å²) in [6.07, 6.45) is 10.2. The number of aliphatic hydroxyl groups is 1. The third kappa shape index (κ3) is 3.77. The van der Waals surface area contributed by atoms with Crippen LogP contribution < -0.4 is 5.73 Å². The first kappa shape index (κ1) is 23.3. The summed E-state index contributed by atoms with van der Waals surface area (Å²) in [5.74, 6) is 0.523. The SMILES string of the molecule is CC(=O)c1c([C@@H]2C[C@H]3CC[C@@H](C2)N3C(=O)CO)nc2c(-c3ccc(-n4cc(C)cn4)nc3)cnn2c1N. The summed E-state index contributed by atoms with van der Waals surface area (Å²) in [4.78, 5) is 36.4. The van der Waals surface area contributed by atoms with Crippen molar-refractivity contribution in [2.75, 3.05) is 12.3 Å². The molecule has 0 radical (unpaired) electrons. The van der Waals surface area contributed by atoms with Gasteiger partial charge >= 0.3 is 0 Å². The Balaban J connectivity index is 1.41. The van der Waals surface area contributed by atoms with E-state index in [0.29, 0.717) is 35.6 Å². The minimum absolute atomic E-state index is 0.0227. The zero-order valence-corrected chi connectivity index (χ0v) is 20.7. The number of carbonyl (C=O) groups is 2. The molecule has 4 aromatic heterocycles. The molecule has 2 aliphatic heterocycles. The number of aliphatic hydroxyl groups excluding tert-OH is 1. The van der Waals surface area contributed by atoms with E-state index < -0.39 is 6.61 Å². The van der Waals surface area contributed by atoms with Crippen LogP contribution in [-0.4, -0.2) is 69.7 Å². The van der Waals surface area contributed by atoms with Gasteiger partial charge in [0.15, 0.2) is 17.2 Å². The fraction of sp³-hybridized carbons (Fsp3) is 0.385. The van der Waals surface area contributed by atoms with Crippen LogP contribution in [-0.2, 0) is 4.79 Å². The van der Waals surface area contributed by atoms with Crippen LogP contribution in [0.3, 0.4) is 0 Å². The highest BCUT2D eigenvalue weighted by Crippen LogP contribution is 2.44. The number of rotatable bonds is 5. The molecule has 3 atom stereocenters. The largest absolute Gasteiger partial charge is 0.387 e. The van der Waals surface area contributed by atoms with E-state index in [2.05, 4.69) is 15.2 Å². The molecule has 11 heteroatoms. The molecule has 37 heavy (non-hydrogen) atoms. The molecule has 6 heterocycles. The van der Waals surface area contributed by atoms with Crippen LogP contribution in [0.15, 0.2) is 36.9 Å². The Morgan fingerprint density at radius 3 is 2.46 bits per heavy atom. The molecule has 2 saturated heterocycles. The van der Waals surface area contributed by atoms with Gasteiger partial charge < -0.3 is 15.7 Å². The summed E-state index contributed by atoms with van der Waals surface area (Å²) in [6.45, 7) is 2.98. The minimum Gasteiger partial charge on any atom is -0.387 e. The van der Waals surface area contributed by atoms with Gasteiger partial charge in [-0.2, -0.15) is 14.7 Å². The lowest BCUT2D eigenvalue weighted by atomic mass is 9.85. The molecule has 11 nitrogen and oxygen atoms in total. The van der Waals surface area contributed by atoms with Crippen molar-refractivity contribution in [1.29, 1.82) is 0 Å². The molecule has 3 N–H and O–H groups in total. The zero-order chi connectivity index (χ0) is 25.8. The molecule has 0 aliphatic carbocycles. The molecular formula is C26H28N8O3. The number of piperidine rings is 1. The standard InChI is InChI=1S/C26H28N8O3/c1-14-9-29-32(12-14)21-6-3-16(10-28-21)20-11-30-34-25(27)23(15(2)36)24(31-26(20)34)17-7-18-4-5-19(8-17)33(18)22(37)13-35/h3,6,9-12,17-19,35H,4-5,7-8,13,27H2,1-2H3/t17-,18-,19+. The Labute approximate surface area is 212 Å². The van der Waals surface area contributed by atoms with Gasteiger partial charge in [0.25, 0.3) is 0 Å². The number of nitrogens with two attached hydrogens (primary N) is 1. The highest BCUT2D eigenvalue weighted by atomic mass is 16.3. The number of nitrogens with zero attached hydrogens (tertiary/aromatic N) is 7. The fourth-order valence-electron chi connectivity index (χ4n) is 6.00. The van der Waals surface area contributed by atoms with Crippen molar-refractivity contribution in [2.45, 2.75) is 57.5 Å². The van der Waals surface area contributed by atoms with E-state index in [1.165, 1.54) is 11.4 Å². The predicted molar refractivity (Wildman–Crippen MR) is 135 cm³/mol. The van der Waals surface area contributed by atoms with E-state index in [9.17, 15) is 14.7 Å². The van der Waals surface area contributed by atoms with Gasteiger partial charge in [-0.25, -0.2) is 14.6 Å². The fourth-order valence-corrected chi connectivity index (χ4v) is 6.00. The number of Topliss-reactive ketones (excluding diaryl/α,β-unsaturated/α-hetero) is 1.